The first-order valence-electron chi connectivity index (χ1n) is 11.8. The van der Waals surface area contributed by atoms with Crippen LogP contribution in [0, 0.1) is 0 Å². The number of aromatic nitrogens is 3. The van der Waals surface area contributed by atoms with Crippen LogP contribution in [0.3, 0.4) is 0 Å². The lowest BCUT2D eigenvalue weighted by Crippen LogP contribution is -2.12. The predicted octanol–water partition coefficient (Wildman–Crippen LogP) is 6.35. The quantitative estimate of drug-likeness (QED) is 0.277. The van der Waals surface area contributed by atoms with Crippen molar-refractivity contribution in [2.75, 3.05) is 20.0 Å². The molecule has 3 aromatic rings. The highest BCUT2D eigenvalue weighted by molar-refractivity contribution is 7.99. The molecule has 4 rings (SSSR count). The molecule has 0 N–H and O–H groups in total. The van der Waals surface area contributed by atoms with E-state index in [-0.39, 0.29) is 17.0 Å². The summed E-state index contributed by atoms with van der Waals surface area (Å²) in [6.07, 6.45) is 4.63. The van der Waals surface area contributed by atoms with Gasteiger partial charge in [0.25, 0.3) is 0 Å². The number of hydrogen-bond acceptors (Lipinski definition) is 6. The topological polar surface area (TPSA) is 66.2 Å². The number of ether oxygens (including phenoxy) is 2. The van der Waals surface area contributed by atoms with E-state index >= 15 is 0 Å². The third-order valence-electron chi connectivity index (χ3n) is 6.40. The van der Waals surface area contributed by atoms with E-state index in [0.29, 0.717) is 23.1 Å². The second kappa shape index (κ2) is 10.2. The highest BCUT2D eigenvalue weighted by Gasteiger charge is 2.26. The molecule has 0 unspecified atom stereocenters. The van der Waals surface area contributed by atoms with Crippen LogP contribution in [0.4, 0.5) is 0 Å². The first-order valence-corrected chi connectivity index (χ1v) is 12.7. The zero-order valence-corrected chi connectivity index (χ0v) is 21.4. The summed E-state index contributed by atoms with van der Waals surface area (Å²) in [5.74, 6) is 2.30. The molecule has 180 valence electrons. The summed E-state index contributed by atoms with van der Waals surface area (Å²) in [5, 5.41) is 9.88. The molecule has 0 atom stereocenters. The Balaban J connectivity index is 1.59. The number of thioether (sulfide) groups is 1. The number of rotatable bonds is 8. The molecule has 6 nitrogen and oxygen atoms in total. The summed E-state index contributed by atoms with van der Waals surface area (Å²) in [6.45, 7) is 6.64. The third-order valence-corrected chi connectivity index (χ3v) is 7.35. The SMILES string of the molecule is COc1ccc(C(=O)CSc2nnc(-c3ccc(C(C)(C)C)cc3)n2C2CCCC2)c(OC)c1. The second-order valence-corrected chi connectivity index (χ2v) is 10.7. The average Bonchev–Trinajstić information content (AvgIpc) is 3.51. The Morgan fingerprint density at radius 2 is 1.74 bits per heavy atom. The molecule has 1 saturated carbocycles. The van der Waals surface area contributed by atoms with Crippen molar-refractivity contribution in [3.63, 3.8) is 0 Å². The van der Waals surface area contributed by atoms with Gasteiger partial charge in [-0.05, 0) is 36.0 Å². The molecule has 34 heavy (non-hydrogen) atoms. The van der Waals surface area contributed by atoms with Crippen LogP contribution in [0.5, 0.6) is 11.5 Å². The van der Waals surface area contributed by atoms with Crippen molar-refractivity contribution >= 4 is 17.5 Å². The molecule has 0 bridgehead atoms. The lowest BCUT2D eigenvalue weighted by atomic mass is 9.86. The molecule has 0 radical (unpaired) electrons. The van der Waals surface area contributed by atoms with E-state index in [1.165, 1.54) is 30.2 Å². The summed E-state index contributed by atoms with van der Waals surface area (Å²) < 4.78 is 12.9. The lowest BCUT2D eigenvalue weighted by molar-refractivity contribution is 0.101. The third kappa shape index (κ3) is 5.14. The van der Waals surface area contributed by atoms with E-state index in [2.05, 4.69) is 59.8 Å². The largest absolute Gasteiger partial charge is 0.497 e. The van der Waals surface area contributed by atoms with E-state index in [4.69, 9.17) is 9.47 Å². The fraction of sp³-hybridized carbons (Fsp3) is 0.444. The van der Waals surface area contributed by atoms with Crippen molar-refractivity contribution < 1.29 is 14.3 Å². The van der Waals surface area contributed by atoms with Crippen molar-refractivity contribution in [1.82, 2.24) is 14.8 Å². The normalized spacial score (nSPS) is 14.4. The van der Waals surface area contributed by atoms with Crippen molar-refractivity contribution in [2.24, 2.45) is 0 Å². The Morgan fingerprint density at radius 1 is 1.03 bits per heavy atom. The maximum Gasteiger partial charge on any atom is 0.192 e. The molecular formula is C27H33N3O3S. The Hall–Kier alpha value is -2.80. The van der Waals surface area contributed by atoms with Gasteiger partial charge in [0.15, 0.2) is 16.8 Å². The van der Waals surface area contributed by atoms with Crippen LogP contribution in [-0.4, -0.2) is 40.5 Å². The van der Waals surface area contributed by atoms with Crippen molar-refractivity contribution in [2.45, 2.75) is 63.1 Å². The van der Waals surface area contributed by atoms with Crippen LogP contribution < -0.4 is 9.47 Å². The van der Waals surface area contributed by atoms with Crippen LogP contribution in [0.1, 0.15) is 68.4 Å². The molecule has 0 aliphatic heterocycles. The van der Waals surface area contributed by atoms with Crippen LogP contribution >= 0.6 is 11.8 Å². The maximum atomic E-state index is 13.0. The number of carbonyl (C=O) groups excluding carboxylic acids is 1. The minimum absolute atomic E-state index is 0.0124. The predicted molar refractivity (Wildman–Crippen MR) is 136 cm³/mol. The summed E-state index contributed by atoms with van der Waals surface area (Å²) in [6, 6.07) is 14.3. The number of hydrogen-bond donors (Lipinski definition) is 0. The number of carbonyl (C=O) groups is 1. The van der Waals surface area contributed by atoms with Crippen molar-refractivity contribution in [3.05, 3.63) is 53.6 Å². The highest BCUT2D eigenvalue weighted by Crippen LogP contribution is 2.37. The summed E-state index contributed by atoms with van der Waals surface area (Å²) >= 11 is 1.44. The van der Waals surface area contributed by atoms with E-state index in [1.807, 2.05) is 0 Å². The number of benzene rings is 2. The van der Waals surface area contributed by atoms with Gasteiger partial charge >= 0.3 is 0 Å². The molecule has 1 fully saturated rings. The zero-order valence-electron chi connectivity index (χ0n) is 20.6. The van der Waals surface area contributed by atoms with E-state index in [9.17, 15) is 4.79 Å². The van der Waals surface area contributed by atoms with Crippen LogP contribution in [-0.2, 0) is 5.41 Å². The van der Waals surface area contributed by atoms with Gasteiger partial charge in [-0.25, -0.2) is 0 Å². The van der Waals surface area contributed by atoms with Gasteiger partial charge in [0.1, 0.15) is 11.5 Å². The number of methoxy groups -OCH3 is 2. The van der Waals surface area contributed by atoms with Crippen molar-refractivity contribution in [3.8, 4) is 22.9 Å². The molecule has 2 aromatic carbocycles. The Kier molecular flexibility index (Phi) is 7.31. The number of Topliss-reactive ketones (excluding diaryl/α,β-unsaturated/α-hetero) is 1. The average molecular weight is 480 g/mol. The number of nitrogens with zero attached hydrogens (tertiary/aromatic N) is 3. The second-order valence-electron chi connectivity index (χ2n) is 9.72. The summed E-state index contributed by atoms with van der Waals surface area (Å²) in [4.78, 5) is 13.0. The first kappa shape index (κ1) is 24.3. The molecule has 1 aliphatic rings. The standard InChI is InChI=1S/C27H33N3O3S/c1-27(2,3)19-12-10-18(11-13-19)25-28-29-26(30(25)20-8-6-7-9-20)34-17-23(31)22-15-14-21(32-4)16-24(22)33-5/h10-16,20H,6-9,17H2,1-5H3. The van der Waals surface area contributed by atoms with Gasteiger partial charge < -0.3 is 9.47 Å². The lowest BCUT2D eigenvalue weighted by Gasteiger charge is -2.20. The highest BCUT2D eigenvalue weighted by atomic mass is 32.2. The first-order chi connectivity index (χ1) is 16.3. The van der Waals surface area contributed by atoms with Crippen LogP contribution in [0.2, 0.25) is 0 Å². The van der Waals surface area contributed by atoms with Gasteiger partial charge in [-0.3, -0.25) is 9.36 Å². The Labute approximate surface area is 206 Å². The molecular weight excluding hydrogens is 446 g/mol. The Morgan fingerprint density at radius 3 is 2.35 bits per heavy atom. The minimum atomic E-state index is -0.0124. The Bertz CT molecular complexity index is 1140. The fourth-order valence-corrected chi connectivity index (χ4v) is 5.31. The van der Waals surface area contributed by atoms with E-state index in [0.717, 1.165) is 29.4 Å². The van der Waals surface area contributed by atoms with Crippen molar-refractivity contribution in [1.29, 1.82) is 0 Å². The van der Waals surface area contributed by atoms with Gasteiger partial charge in [-0.15, -0.1) is 10.2 Å². The smallest absolute Gasteiger partial charge is 0.192 e. The molecule has 7 heteroatoms. The molecule has 0 saturated heterocycles. The van der Waals surface area contributed by atoms with Crippen LogP contribution in [0.15, 0.2) is 47.6 Å². The molecule has 1 heterocycles. The molecule has 0 amide bonds. The zero-order chi connectivity index (χ0) is 24.3. The van der Waals surface area contributed by atoms with Gasteiger partial charge in [0, 0.05) is 17.7 Å². The van der Waals surface area contributed by atoms with E-state index in [1.54, 1.807) is 32.4 Å². The molecule has 1 aromatic heterocycles. The van der Waals surface area contributed by atoms with Gasteiger partial charge in [-0.1, -0.05) is 69.6 Å². The fourth-order valence-electron chi connectivity index (χ4n) is 4.42. The molecule has 0 spiro atoms. The minimum Gasteiger partial charge on any atom is -0.497 e. The monoisotopic (exact) mass is 479 g/mol. The number of ketones is 1. The van der Waals surface area contributed by atoms with Crippen LogP contribution in [0.25, 0.3) is 11.4 Å². The molecule has 1 aliphatic carbocycles. The van der Waals surface area contributed by atoms with E-state index < -0.39 is 0 Å². The van der Waals surface area contributed by atoms with Gasteiger partial charge in [0.2, 0.25) is 0 Å². The summed E-state index contributed by atoms with van der Waals surface area (Å²) in [7, 11) is 3.16. The van der Waals surface area contributed by atoms with Gasteiger partial charge in [0.05, 0.1) is 25.5 Å². The van der Waals surface area contributed by atoms with Gasteiger partial charge in [-0.2, -0.15) is 0 Å². The summed E-state index contributed by atoms with van der Waals surface area (Å²) in [5.41, 5.74) is 2.99. The maximum absolute atomic E-state index is 13.0.